The maximum absolute atomic E-state index is 12.7. The highest BCUT2D eigenvalue weighted by molar-refractivity contribution is 8.14. The Hall–Kier alpha value is -5.38. The number of hydrazone groups is 1. The monoisotopic (exact) mass is 738 g/mol. The Bertz CT molecular complexity index is 1850. The van der Waals surface area contributed by atoms with Gasteiger partial charge in [-0.05, 0) is 82.0 Å². The van der Waals surface area contributed by atoms with Crippen molar-refractivity contribution >= 4 is 40.8 Å². The second kappa shape index (κ2) is 17.7. The number of amides is 2. The van der Waals surface area contributed by atoms with E-state index in [2.05, 4.69) is 30.7 Å². The molecule has 0 fully saturated rings. The van der Waals surface area contributed by atoms with Gasteiger partial charge in [-0.1, -0.05) is 54.2 Å². The van der Waals surface area contributed by atoms with Crippen LogP contribution >= 0.6 is 11.8 Å². The molecule has 0 aliphatic carbocycles. The second-order valence-corrected chi connectivity index (χ2v) is 13.6. The van der Waals surface area contributed by atoms with Crippen LogP contribution in [0.2, 0.25) is 0 Å². The minimum atomic E-state index is -4.77. The largest absolute Gasteiger partial charge is 0.573 e. The third-order valence-corrected chi connectivity index (χ3v) is 7.92. The van der Waals surface area contributed by atoms with Crippen molar-refractivity contribution in [1.82, 2.24) is 30.4 Å². The molecular weight excluding hydrogens is 698 g/mol. The van der Waals surface area contributed by atoms with Gasteiger partial charge in [0.15, 0.2) is 11.0 Å². The number of para-hydroxylation sites is 1. The quantitative estimate of drug-likeness (QED) is 0.0677. The first-order valence-corrected chi connectivity index (χ1v) is 17.2. The summed E-state index contributed by atoms with van der Waals surface area (Å²) in [6, 6.07) is 18.5. The van der Waals surface area contributed by atoms with Crippen molar-refractivity contribution in [2.45, 2.75) is 53.0 Å². The van der Waals surface area contributed by atoms with Crippen LogP contribution in [0.15, 0.2) is 83.2 Å². The van der Waals surface area contributed by atoms with Crippen LogP contribution in [0.4, 0.5) is 23.7 Å². The van der Waals surface area contributed by atoms with Crippen molar-refractivity contribution in [1.29, 1.82) is 0 Å². The van der Waals surface area contributed by atoms with Gasteiger partial charge in [-0.2, -0.15) is 5.10 Å². The number of ether oxygens (including phenoxy) is 2. The number of nitrogens with zero attached hydrogens (tertiary/aromatic N) is 6. The molecule has 1 aromatic heterocycles. The zero-order valence-corrected chi connectivity index (χ0v) is 30.5. The number of carbonyl (C=O) groups excluding carboxylic acids is 2. The van der Waals surface area contributed by atoms with E-state index >= 15 is 0 Å². The van der Waals surface area contributed by atoms with Crippen LogP contribution in [-0.4, -0.2) is 80.9 Å². The van der Waals surface area contributed by atoms with E-state index in [4.69, 9.17) is 9.73 Å². The van der Waals surface area contributed by atoms with Gasteiger partial charge in [-0.15, -0.1) is 18.3 Å². The lowest BCUT2D eigenvalue weighted by atomic mass is 10.1. The maximum atomic E-state index is 12.7. The number of carbonyl (C=O) groups is 2. The molecule has 52 heavy (non-hydrogen) atoms. The van der Waals surface area contributed by atoms with Crippen LogP contribution in [0.1, 0.15) is 43.9 Å². The van der Waals surface area contributed by atoms with Gasteiger partial charge in [0.1, 0.15) is 17.7 Å². The van der Waals surface area contributed by atoms with Crippen LogP contribution < -0.4 is 15.5 Å². The second-order valence-electron chi connectivity index (χ2n) is 12.6. The van der Waals surface area contributed by atoms with Crippen LogP contribution in [-0.2, 0) is 9.53 Å². The van der Waals surface area contributed by atoms with Crippen molar-refractivity contribution in [3.63, 3.8) is 0 Å². The summed E-state index contributed by atoms with van der Waals surface area (Å²) < 4.78 is 48.1. The Morgan fingerprint density at radius 1 is 1.00 bits per heavy atom. The summed E-state index contributed by atoms with van der Waals surface area (Å²) in [5.41, 5.74) is 7.11. The van der Waals surface area contributed by atoms with Crippen LogP contribution in [0.25, 0.3) is 17.1 Å². The van der Waals surface area contributed by atoms with Gasteiger partial charge in [-0.25, -0.2) is 19.5 Å². The minimum Gasteiger partial charge on any atom is -0.444 e. The molecular formula is C36H41F3N8O4S. The van der Waals surface area contributed by atoms with Gasteiger partial charge in [0.25, 0.3) is 0 Å². The minimum absolute atomic E-state index is 0.0913. The summed E-state index contributed by atoms with van der Waals surface area (Å²) in [6.45, 7) is 10.2. The maximum Gasteiger partial charge on any atom is 0.573 e. The van der Waals surface area contributed by atoms with E-state index in [1.807, 2.05) is 77.1 Å². The summed E-state index contributed by atoms with van der Waals surface area (Å²) in [5.74, 6) is -0.00713. The lowest BCUT2D eigenvalue weighted by molar-refractivity contribution is -0.274. The van der Waals surface area contributed by atoms with Crippen molar-refractivity contribution in [2.75, 3.05) is 25.9 Å². The van der Waals surface area contributed by atoms with Crippen molar-refractivity contribution < 1.29 is 32.2 Å². The average Bonchev–Trinajstić information content (AvgIpc) is 3.56. The predicted octanol–water partition coefficient (Wildman–Crippen LogP) is 7.17. The molecule has 0 atom stereocenters. The first kappa shape index (κ1) is 39.4. The number of amidine groups is 1. The Morgan fingerprint density at radius 2 is 1.67 bits per heavy atom. The molecule has 0 unspecified atom stereocenters. The Balaban J connectivity index is 1.34. The predicted molar refractivity (Wildman–Crippen MR) is 196 cm³/mol. The van der Waals surface area contributed by atoms with E-state index in [1.54, 1.807) is 13.3 Å². The number of benzene rings is 3. The third-order valence-electron chi connectivity index (χ3n) is 7.06. The molecule has 0 bridgehead atoms. The molecule has 3 aromatic carbocycles. The molecule has 2 amide bonds. The van der Waals surface area contributed by atoms with E-state index in [0.717, 1.165) is 27.9 Å². The summed E-state index contributed by atoms with van der Waals surface area (Å²) in [5, 5.41) is 12.1. The molecule has 0 spiro atoms. The summed E-state index contributed by atoms with van der Waals surface area (Å²) >= 11 is 1.21. The number of halogens is 3. The molecule has 0 aliphatic rings. The van der Waals surface area contributed by atoms with E-state index < -0.39 is 18.1 Å². The lowest BCUT2D eigenvalue weighted by Gasteiger charge is -2.24. The Morgan fingerprint density at radius 3 is 2.31 bits per heavy atom. The van der Waals surface area contributed by atoms with Gasteiger partial charge in [0.2, 0.25) is 5.91 Å². The van der Waals surface area contributed by atoms with Crippen LogP contribution in [0.3, 0.4) is 0 Å². The number of thioether (sulfide) groups is 1. The molecule has 2 N–H and O–H groups in total. The van der Waals surface area contributed by atoms with Crippen LogP contribution in [0, 0.1) is 13.8 Å². The zero-order valence-electron chi connectivity index (χ0n) is 29.7. The fourth-order valence-electron chi connectivity index (χ4n) is 4.53. The van der Waals surface area contributed by atoms with Gasteiger partial charge in [-0.3, -0.25) is 10.2 Å². The van der Waals surface area contributed by atoms with E-state index in [1.165, 1.54) is 51.9 Å². The number of aryl methyl sites for hydroxylation is 2. The molecule has 12 nitrogen and oxygen atoms in total. The fourth-order valence-corrected chi connectivity index (χ4v) is 5.18. The van der Waals surface area contributed by atoms with Crippen molar-refractivity contribution in [3.8, 4) is 22.8 Å². The SMILES string of the molecule is Cc1cccc(C)c1/N=C(/N/N=C/c1ccc(-c2ncn(-c3ccc(OC(F)(F)F)cc3)n2)cc1)SCC(=O)NCCCN(C)C(=O)OC(C)(C)C. The van der Waals surface area contributed by atoms with Gasteiger partial charge >= 0.3 is 12.5 Å². The average molecular weight is 739 g/mol. The Labute approximate surface area is 304 Å². The standard InChI is InChI=1S/C36H41F3N8O4S/c1-24-9-7-10-25(2)31(24)43-33(52-22-30(48)40-19-8-20-46(6)34(49)51-35(3,4)5)44-42-21-26-11-13-27(14-12-26)32-41-23-47(45-32)28-15-17-29(18-16-28)50-36(37,38)39/h7,9-18,21,23H,8,19-20,22H2,1-6H3,(H,40,48)(H,43,44)/b42-21+. The molecule has 0 radical (unpaired) electrons. The summed E-state index contributed by atoms with van der Waals surface area (Å²) in [7, 11) is 1.66. The molecule has 4 aromatic rings. The number of aliphatic imine (C=N–C) groups is 1. The molecule has 276 valence electrons. The zero-order chi connectivity index (χ0) is 37.9. The fraction of sp³-hybridized carbons (Fsp3) is 0.333. The summed E-state index contributed by atoms with van der Waals surface area (Å²) in [6.07, 6.45) is -1.54. The first-order chi connectivity index (χ1) is 24.6. The molecule has 0 saturated heterocycles. The highest BCUT2D eigenvalue weighted by Gasteiger charge is 2.31. The smallest absolute Gasteiger partial charge is 0.444 e. The van der Waals surface area contributed by atoms with E-state index in [-0.39, 0.29) is 17.4 Å². The van der Waals surface area contributed by atoms with Gasteiger partial charge < -0.3 is 19.7 Å². The van der Waals surface area contributed by atoms with E-state index in [0.29, 0.717) is 36.2 Å². The number of aromatic nitrogens is 3. The number of alkyl halides is 3. The van der Waals surface area contributed by atoms with Gasteiger partial charge in [0, 0.05) is 25.7 Å². The highest BCUT2D eigenvalue weighted by atomic mass is 32.2. The number of nitrogens with one attached hydrogen (secondary N) is 2. The summed E-state index contributed by atoms with van der Waals surface area (Å²) in [4.78, 5) is 35.4. The first-order valence-electron chi connectivity index (χ1n) is 16.2. The molecule has 1 heterocycles. The normalized spacial score (nSPS) is 12.1. The third kappa shape index (κ3) is 12.7. The number of hydrogen-bond acceptors (Lipinski definition) is 9. The van der Waals surface area contributed by atoms with Crippen LogP contribution in [0.5, 0.6) is 5.75 Å². The lowest BCUT2D eigenvalue weighted by Crippen LogP contribution is -2.36. The van der Waals surface area contributed by atoms with Crippen molar-refractivity contribution in [3.05, 3.63) is 89.7 Å². The molecule has 0 aliphatic heterocycles. The number of rotatable bonds is 12. The molecule has 16 heteroatoms. The highest BCUT2D eigenvalue weighted by Crippen LogP contribution is 2.26. The molecule has 4 rings (SSSR count). The molecule has 0 saturated carbocycles. The number of hydrogen-bond donors (Lipinski definition) is 2. The van der Waals surface area contributed by atoms with Crippen molar-refractivity contribution in [2.24, 2.45) is 10.1 Å². The topological polar surface area (TPSA) is 135 Å². The Kier molecular flexibility index (Phi) is 13.4. The van der Waals surface area contributed by atoms with E-state index in [9.17, 15) is 22.8 Å². The van der Waals surface area contributed by atoms with Gasteiger partial charge in [0.05, 0.1) is 23.3 Å².